The molecule has 2 aliphatic carbocycles. The van der Waals surface area contributed by atoms with E-state index in [-0.39, 0.29) is 24.6 Å². The van der Waals surface area contributed by atoms with Crippen LogP contribution in [0.4, 0.5) is 11.9 Å². The van der Waals surface area contributed by atoms with Gasteiger partial charge in [-0.1, -0.05) is 46.4 Å². The Balaban J connectivity index is 0.000000147. The summed E-state index contributed by atoms with van der Waals surface area (Å²) in [7, 11) is 0. The second-order valence-corrected chi connectivity index (χ2v) is 14.4. The van der Waals surface area contributed by atoms with Crippen LogP contribution in [0.25, 0.3) is 22.1 Å². The predicted octanol–water partition coefficient (Wildman–Crippen LogP) is 4.44. The first kappa shape index (κ1) is 32.5. The van der Waals surface area contributed by atoms with E-state index in [1.165, 1.54) is 0 Å². The maximum atomic E-state index is 10.5. The fourth-order valence-corrected chi connectivity index (χ4v) is 7.67. The highest BCUT2D eigenvalue weighted by atomic mass is 35.5. The number of halogens is 4. The van der Waals surface area contributed by atoms with Gasteiger partial charge in [0.1, 0.15) is 6.10 Å². The lowest BCUT2D eigenvalue weighted by molar-refractivity contribution is -0.00354. The van der Waals surface area contributed by atoms with Gasteiger partial charge >= 0.3 is 0 Å². The summed E-state index contributed by atoms with van der Waals surface area (Å²) in [6.07, 6.45) is 0.482. The predicted molar refractivity (Wildman–Crippen MR) is 180 cm³/mol. The van der Waals surface area contributed by atoms with Gasteiger partial charge in [-0.05, 0) is 56.4 Å². The second-order valence-electron chi connectivity index (χ2n) is 12.7. The minimum Gasteiger partial charge on any atom is -0.396 e. The first-order chi connectivity index (χ1) is 22.0. The monoisotopic (exact) mass is 712 g/mol. The summed E-state index contributed by atoms with van der Waals surface area (Å²) in [5.74, 6) is 1.28. The van der Waals surface area contributed by atoms with E-state index in [2.05, 4.69) is 19.4 Å². The molecule has 4 heterocycles. The molecule has 2 saturated carbocycles. The average Bonchev–Trinajstić information content (AvgIpc) is 3.67. The number of fused-ring (bicyclic) bond motifs is 2. The SMILES string of the molecule is OC[C@@H]1CC(n2c(N3CCC3)nc3cc(Cl)c(Cl)cc32)[C@@H](O)[C@H]1O.O[C@@H]1CC(n2c(N3CCC3)nc3cc(Cl)c(Cl)cc32)C[C@@H]1O. The molecule has 0 radical (unpaired) electrons. The number of nitrogens with zero attached hydrogens (tertiary/aromatic N) is 6. The summed E-state index contributed by atoms with van der Waals surface area (Å²) < 4.78 is 4.05. The number of aromatic nitrogens is 4. The zero-order valence-corrected chi connectivity index (χ0v) is 27.9. The van der Waals surface area contributed by atoms with Crippen molar-refractivity contribution in [1.29, 1.82) is 0 Å². The number of aliphatic hydroxyl groups is 5. The summed E-state index contributed by atoms with van der Waals surface area (Å²) in [6.45, 7) is 3.59. The largest absolute Gasteiger partial charge is 0.396 e. The zero-order valence-electron chi connectivity index (χ0n) is 24.9. The Morgan fingerprint density at radius 2 is 1.09 bits per heavy atom. The Labute approximate surface area is 285 Å². The first-order valence-corrected chi connectivity index (χ1v) is 17.1. The minimum atomic E-state index is -0.964. The van der Waals surface area contributed by atoms with Gasteiger partial charge in [0.05, 0.1) is 66.5 Å². The molecule has 0 bridgehead atoms. The summed E-state index contributed by atoms with van der Waals surface area (Å²) >= 11 is 24.6. The van der Waals surface area contributed by atoms with Crippen LogP contribution in [0.3, 0.4) is 0 Å². The Kier molecular flexibility index (Phi) is 9.01. The van der Waals surface area contributed by atoms with E-state index >= 15 is 0 Å². The van der Waals surface area contributed by atoms with Crippen LogP contribution in [0.2, 0.25) is 20.1 Å². The van der Waals surface area contributed by atoms with Crippen molar-refractivity contribution in [3.05, 3.63) is 44.4 Å². The zero-order chi connectivity index (χ0) is 32.4. The van der Waals surface area contributed by atoms with Crippen molar-refractivity contribution in [3.63, 3.8) is 0 Å². The molecular formula is C31H36Cl4N6O5. The molecule has 2 aromatic carbocycles. The molecule has 11 nitrogen and oxygen atoms in total. The van der Waals surface area contributed by atoms with Crippen LogP contribution in [-0.4, -0.2) is 102 Å². The van der Waals surface area contributed by atoms with Gasteiger partial charge in [0.25, 0.3) is 0 Å². The minimum absolute atomic E-state index is 0.0165. The molecule has 0 spiro atoms. The maximum Gasteiger partial charge on any atom is 0.206 e. The third kappa shape index (κ3) is 5.61. The van der Waals surface area contributed by atoms with E-state index in [0.29, 0.717) is 44.9 Å². The van der Waals surface area contributed by atoms with E-state index in [1.807, 2.05) is 10.6 Å². The molecule has 15 heteroatoms. The lowest BCUT2D eigenvalue weighted by Crippen LogP contribution is -2.40. The summed E-state index contributed by atoms with van der Waals surface area (Å²) in [5, 5.41) is 51.8. The van der Waals surface area contributed by atoms with Crippen LogP contribution < -0.4 is 9.80 Å². The van der Waals surface area contributed by atoms with E-state index in [0.717, 1.165) is 67.5 Å². The normalized spacial score (nSPS) is 29.3. The highest BCUT2D eigenvalue weighted by Gasteiger charge is 2.44. The lowest BCUT2D eigenvalue weighted by atomic mass is 10.1. The molecule has 0 amide bonds. The third-order valence-corrected chi connectivity index (χ3v) is 11.3. The van der Waals surface area contributed by atoms with Gasteiger partial charge in [-0.15, -0.1) is 0 Å². The van der Waals surface area contributed by atoms with Crippen molar-refractivity contribution in [1.82, 2.24) is 19.1 Å². The number of benzene rings is 2. The van der Waals surface area contributed by atoms with Gasteiger partial charge in [-0.25, -0.2) is 9.97 Å². The average molecular weight is 714 g/mol. The van der Waals surface area contributed by atoms with Crippen molar-refractivity contribution >= 4 is 80.4 Å². The molecule has 8 rings (SSSR count). The Bertz CT molecular complexity index is 1750. The number of aliphatic hydroxyl groups excluding tert-OH is 5. The molecule has 46 heavy (non-hydrogen) atoms. The van der Waals surface area contributed by atoms with Crippen LogP contribution >= 0.6 is 46.4 Å². The van der Waals surface area contributed by atoms with E-state index < -0.39 is 24.4 Å². The second kappa shape index (κ2) is 12.8. The summed E-state index contributed by atoms with van der Waals surface area (Å²) in [6, 6.07) is 6.73. The number of hydrogen-bond donors (Lipinski definition) is 5. The molecular weight excluding hydrogens is 678 g/mol. The van der Waals surface area contributed by atoms with Crippen molar-refractivity contribution in [2.45, 2.75) is 68.6 Å². The Hall–Kier alpha value is -2.06. The molecule has 4 aliphatic rings. The molecule has 248 valence electrons. The van der Waals surface area contributed by atoms with Gasteiger partial charge in [0.2, 0.25) is 11.9 Å². The smallest absolute Gasteiger partial charge is 0.206 e. The van der Waals surface area contributed by atoms with Crippen LogP contribution in [0.15, 0.2) is 24.3 Å². The van der Waals surface area contributed by atoms with E-state index in [1.54, 1.807) is 18.2 Å². The van der Waals surface area contributed by atoms with Gasteiger partial charge in [0.15, 0.2) is 0 Å². The highest BCUT2D eigenvalue weighted by Crippen LogP contribution is 2.43. The van der Waals surface area contributed by atoms with Crippen molar-refractivity contribution in [2.75, 3.05) is 42.6 Å². The molecule has 2 aliphatic heterocycles. The molecule has 7 atom stereocenters. The van der Waals surface area contributed by atoms with Crippen LogP contribution in [0, 0.1) is 5.92 Å². The van der Waals surface area contributed by atoms with Crippen LogP contribution in [-0.2, 0) is 0 Å². The van der Waals surface area contributed by atoms with Crippen LogP contribution in [0.1, 0.15) is 44.2 Å². The molecule has 4 aromatic rings. The fraction of sp³-hybridized carbons (Fsp3) is 0.548. The molecule has 4 fully saturated rings. The van der Waals surface area contributed by atoms with Crippen LogP contribution in [0.5, 0.6) is 0 Å². The van der Waals surface area contributed by atoms with Gasteiger partial charge in [0, 0.05) is 44.7 Å². The van der Waals surface area contributed by atoms with E-state index in [9.17, 15) is 25.5 Å². The van der Waals surface area contributed by atoms with Crippen molar-refractivity contribution in [2.24, 2.45) is 5.92 Å². The molecule has 2 unspecified atom stereocenters. The quantitative estimate of drug-likeness (QED) is 0.203. The van der Waals surface area contributed by atoms with Gasteiger partial charge < -0.3 is 44.5 Å². The number of anilines is 2. The van der Waals surface area contributed by atoms with E-state index in [4.69, 9.17) is 51.4 Å². The third-order valence-electron chi connectivity index (χ3n) is 9.88. The number of imidazole rings is 2. The number of hydrogen-bond acceptors (Lipinski definition) is 9. The van der Waals surface area contributed by atoms with Gasteiger partial charge in [-0.3, -0.25) is 0 Å². The number of rotatable bonds is 5. The molecule has 2 aromatic heterocycles. The standard InChI is InChI=1S/C16H19Cl2N3O3.C15H17Cl2N3O2/c17-9-5-11-12(6-10(9)18)21(16(19-11)20-2-1-3-20)13-4-8(7-22)14(23)15(13)24;16-9-6-11-12(7-10(9)17)20(8-4-13(21)14(22)5-8)15(18-11)19-2-1-3-19/h5-6,8,13-15,22-24H,1-4,7H2;6-8,13-14,21-22H,1-5H2/t8-,13?,14-,15+;8?,13-,14+/m0./s1. The highest BCUT2D eigenvalue weighted by molar-refractivity contribution is 6.43. The lowest BCUT2D eigenvalue weighted by Gasteiger charge is -2.34. The Morgan fingerprint density at radius 1 is 0.630 bits per heavy atom. The van der Waals surface area contributed by atoms with Crippen molar-refractivity contribution in [3.8, 4) is 0 Å². The maximum absolute atomic E-state index is 10.5. The topological polar surface area (TPSA) is 143 Å². The summed E-state index contributed by atoms with van der Waals surface area (Å²) in [4.78, 5) is 13.7. The molecule has 2 saturated heterocycles. The Morgan fingerprint density at radius 3 is 1.52 bits per heavy atom. The summed E-state index contributed by atoms with van der Waals surface area (Å²) in [5.41, 5.74) is 3.19. The molecule has 5 N–H and O–H groups in total. The van der Waals surface area contributed by atoms with Crippen molar-refractivity contribution < 1.29 is 25.5 Å². The fourth-order valence-electron chi connectivity index (χ4n) is 7.04. The first-order valence-electron chi connectivity index (χ1n) is 15.6. The van der Waals surface area contributed by atoms with Gasteiger partial charge in [-0.2, -0.15) is 0 Å².